The van der Waals surface area contributed by atoms with E-state index < -0.39 is 23.6 Å². The van der Waals surface area contributed by atoms with Crippen LogP contribution in [0.3, 0.4) is 0 Å². The number of halogens is 2. The quantitative estimate of drug-likeness (QED) is 0.891. The van der Waals surface area contributed by atoms with Crippen molar-refractivity contribution >= 4 is 5.91 Å². The van der Waals surface area contributed by atoms with Gasteiger partial charge in [-0.1, -0.05) is 36.4 Å². The largest absolute Gasteiger partial charge is 0.367 e. The van der Waals surface area contributed by atoms with Crippen LogP contribution in [0.5, 0.6) is 0 Å². The summed E-state index contributed by atoms with van der Waals surface area (Å²) in [6.07, 6.45) is 0. The van der Waals surface area contributed by atoms with Crippen molar-refractivity contribution in [1.82, 2.24) is 5.32 Å². The fourth-order valence-corrected chi connectivity index (χ4v) is 1.95. The van der Waals surface area contributed by atoms with E-state index in [1.165, 1.54) is 0 Å². The highest BCUT2D eigenvalue weighted by Crippen LogP contribution is 2.17. The van der Waals surface area contributed by atoms with E-state index in [0.29, 0.717) is 6.07 Å². The number of ether oxygens (including phenoxy) is 1. The normalized spacial score (nSPS) is 11.5. The number of nitriles is 1. The Bertz CT molecular complexity index is 714. The molecule has 23 heavy (non-hydrogen) atoms. The Morgan fingerprint density at radius 2 is 1.96 bits per heavy atom. The first-order valence-corrected chi connectivity index (χ1v) is 6.85. The van der Waals surface area contributed by atoms with Gasteiger partial charge < -0.3 is 10.1 Å². The van der Waals surface area contributed by atoms with Gasteiger partial charge in [0.15, 0.2) is 0 Å². The van der Waals surface area contributed by atoms with Gasteiger partial charge in [-0.25, -0.2) is 8.78 Å². The molecule has 0 saturated heterocycles. The summed E-state index contributed by atoms with van der Waals surface area (Å²) in [6, 6.07) is 12.7. The lowest BCUT2D eigenvalue weighted by molar-refractivity contribution is -0.126. The average molecular weight is 316 g/mol. The smallest absolute Gasteiger partial charge is 0.247 e. The van der Waals surface area contributed by atoms with Crippen LogP contribution in [0, 0.1) is 23.0 Å². The van der Waals surface area contributed by atoms with Crippen LogP contribution in [0.15, 0.2) is 48.5 Å². The summed E-state index contributed by atoms with van der Waals surface area (Å²) in [7, 11) is 0. The van der Waals surface area contributed by atoms with E-state index in [0.717, 1.165) is 17.7 Å². The van der Waals surface area contributed by atoms with Gasteiger partial charge in [-0.3, -0.25) is 4.79 Å². The van der Waals surface area contributed by atoms with Crippen molar-refractivity contribution in [3.8, 4) is 6.07 Å². The SMILES string of the molecule is N#C[C@@H](NC(=O)COCc1ccccc1)c1ccc(F)cc1F. The summed E-state index contributed by atoms with van der Waals surface area (Å²) in [4.78, 5) is 11.8. The van der Waals surface area contributed by atoms with Crippen LogP contribution in [0.1, 0.15) is 17.2 Å². The van der Waals surface area contributed by atoms with Crippen LogP contribution in [0.4, 0.5) is 8.78 Å². The highest BCUT2D eigenvalue weighted by atomic mass is 19.1. The van der Waals surface area contributed by atoms with Crippen LogP contribution in [0.2, 0.25) is 0 Å². The lowest BCUT2D eigenvalue weighted by Gasteiger charge is -2.13. The fourth-order valence-electron chi connectivity index (χ4n) is 1.95. The molecule has 6 heteroatoms. The van der Waals surface area contributed by atoms with Gasteiger partial charge in [-0.05, 0) is 11.6 Å². The van der Waals surface area contributed by atoms with E-state index in [4.69, 9.17) is 10.00 Å². The summed E-state index contributed by atoms with van der Waals surface area (Å²) in [5, 5.41) is 11.4. The Hall–Kier alpha value is -2.78. The molecule has 0 radical (unpaired) electrons. The molecule has 2 aromatic rings. The minimum Gasteiger partial charge on any atom is -0.367 e. The number of nitrogens with zero attached hydrogens (tertiary/aromatic N) is 1. The van der Waals surface area contributed by atoms with Gasteiger partial charge >= 0.3 is 0 Å². The van der Waals surface area contributed by atoms with Crippen LogP contribution in [-0.2, 0) is 16.1 Å². The van der Waals surface area contributed by atoms with Gasteiger partial charge in [0.05, 0.1) is 12.7 Å². The lowest BCUT2D eigenvalue weighted by atomic mass is 10.1. The van der Waals surface area contributed by atoms with Gasteiger partial charge in [0.2, 0.25) is 5.91 Å². The highest BCUT2D eigenvalue weighted by Gasteiger charge is 2.18. The number of carbonyl (C=O) groups is 1. The molecule has 0 fully saturated rings. The van der Waals surface area contributed by atoms with Crippen LogP contribution in [-0.4, -0.2) is 12.5 Å². The monoisotopic (exact) mass is 316 g/mol. The average Bonchev–Trinajstić information content (AvgIpc) is 2.54. The third-order valence-electron chi connectivity index (χ3n) is 3.05. The topological polar surface area (TPSA) is 62.1 Å². The lowest BCUT2D eigenvalue weighted by Crippen LogP contribution is -2.31. The van der Waals surface area contributed by atoms with E-state index in [1.54, 1.807) is 6.07 Å². The molecule has 1 amide bonds. The molecule has 1 N–H and O–H groups in total. The van der Waals surface area contributed by atoms with Gasteiger partial charge in [0.25, 0.3) is 0 Å². The molecule has 0 aliphatic rings. The Labute approximate surface area is 132 Å². The van der Waals surface area contributed by atoms with Crippen molar-refractivity contribution < 1.29 is 18.3 Å². The fraction of sp³-hybridized carbons (Fsp3) is 0.176. The molecular formula is C17H14F2N2O2. The van der Waals surface area contributed by atoms with Crippen molar-refractivity contribution in [1.29, 1.82) is 5.26 Å². The van der Waals surface area contributed by atoms with Gasteiger partial charge in [-0.2, -0.15) is 5.26 Å². The van der Waals surface area contributed by atoms with Crippen molar-refractivity contribution in [3.05, 3.63) is 71.3 Å². The van der Waals surface area contributed by atoms with Crippen molar-refractivity contribution in [2.24, 2.45) is 0 Å². The second-order valence-electron chi connectivity index (χ2n) is 4.77. The number of hydrogen-bond donors (Lipinski definition) is 1. The minimum atomic E-state index is -1.21. The van der Waals surface area contributed by atoms with E-state index in [-0.39, 0.29) is 18.8 Å². The van der Waals surface area contributed by atoms with E-state index in [1.807, 2.05) is 30.3 Å². The molecule has 0 aromatic heterocycles. The third-order valence-corrected chi connectivity index (χ3v) is 3.05. The first-order chi connectivity index (χ1) is 11.1. The maximum Gasteiger partial charge on any atom is 0.247 e. The van der Waals surface area contributed by atoms with E-state index >= 15 is 0 Å². The molecule has 0 aliphatic carbocycles. The number of carbonyl (C=O) groups excluding carboxylic acids is 1. The molecule has 0 spiro atoms. The summed E-state index contributed by atoms with van der Waals surface area (Å²) in [5.74, 6) is -2.20. The van der Waals surface area contributed by atoms with Gasteiger partial charge in [0, 0.05) is 11.6 Å². The molecule has 0 unspecified atom stereocenters. The van der Waals surface area contributed by atoms with Crippen molar-refractivity contribution in [2.45, 2.75) is 12.6 Å². The van der Waals surface area contributed by atoms with Crippen LogP contribution < -0.4 is 5.32 Å². The number of nitrogens with one attached hydrogen (secondary N) is 1. The molecule has 0 bridgehead atoms. The molecule has 0 saturated carbocycles. The number of hydrogen-bond acceptors (Lipinski definition) is 3. The summed E-state index contributed by atoms with van der Waals surface area (Å²) >= 11 is 0. The van der Waals surface area contributed by atoms with E-state index in [2.05, 4.69) is 5.32 Å². The predicted molar refractivity (Wildman–Crippen MR) is 79.0 cm³/mol. The second kappa shape index (κ2) is 8.01. The van der Waals surface area contributed by atoms with Crippen molar-refractivity contribution in [3.63, 3.8) is 0 Å². The molecule has 118 valence electrons. The molecule has 2 aromatic carbocycles. The van der Waals surface area contributed by atoms with Gasteiger partial charge in [-0.15, -0.1) is 0 Å². The van der Waals surface area contributed by atoms with Crippen LogP contribution in [0.25, 0.3) is 0 Å². The molecular weight excluding hydrogens is 302 g/mol. The van der Waals surface area contributed by atoms with E-state index in [9.17, 15) is 13.6 Å². The Balaban J connectivity index is 1.89. The summed E-state index contributed by atoms with van der Waals surface area (Å²) < 4.78 is 31.7. The third kappa shape index (κ3) is 4.87. The Morgan fingerprint density at radius 3 is 2.61 bits per heavy atom. The first-order valence-electron chi connectivity index (χ1n) is 6.85. The molecule has 0 heterocycles. The molecule has 2 rings (SSSR count). The zero-order chi connectivity index (χ0) is 16.7. The first kappa shape index (κ1) is 16.6. The number of amides is 1. The molecule has 4 nitrogen and oxygen atoms in total. The van der Waals surface area contributed by atoms with Crippen LogP contribution >= 0.6 is 0 Å². The molecule has 0 aliphatic heterocycles. The maximum absolute atomic E-state index is 13.6. The molecule has 1 atom stereocenters. The Morgan fingerprint density at radius 1 is 1.22 bits per heavy atom. The summed E-state index contributed by atoms with van der Waals surface area (Å²) in [6.45, 7) is -0.0216. The van der Waals surface area contributed by atoms with Gasteiger partial charge in [0.1, 0.15) is 24.3 Å². The summed E-state index contributed by atoms with van der Waals surface area (Å²) in [5.41, 5.74) is 0.812. The number of rotatable bonds is 6. The zero-order valence-corrected chi connectivity index (χ0v) is 12.1. The number of benzene rings is 2. The maximum atomic E-state index is 13.6. The highest BCUT2D eigenvalue weighted by molar-refractivity contribution is 5.78. The van der Waals surface area contributed by atoms with Crippen molar-refractivity contribution in [2.75, 3.05) is 6.61 Å². The Kier molecular flexibility index (Phi) is 5.78. The zero-order valence-electron chi connectivity index (χ0n) is 12.1. The predicted octanol–water partition coefficient (Wildman–Crippen LogP) is 2.86. The standard InChI is InChI=1S/C17H14F2N2O2/c18-13-6-7-14(15(19)8-13)16(9-20)21-17(22)11-23-10-12-4-2-1-3-5-12/h1-8,16H,10-11H2,(H,21,22)/t16-/m1/s1. The second-order valence-corrected chi connectivity index (χ2v) is 4.77. The minimum absolute atomic E-state index is 0.0923.